The van der Waals surface area contributed by atoms with Gasteiger partial charge in [0.05, 0.1) is 6.04 Å². The van der Waals surface area contributed by atoms with E-state index in [1.807, 2.05) is 18.2 Å². The van der Waals surface area contributed by atoms with E-state index in [1.165, 1.54) is 12.0 Å². The average Bonchev–Trinajstić information content (AvgIpc) is 3.05. The Labute approximate surface area is 125 Å². The molecule has 1 aromatic carbocycles. The van der Waals surface area contributed by atoms with Crippen LogP contribution in [0.5, 0.6) is 0 Å². The van der Waals surface area contributed by atoms with Crippen LogP contribution >= 0.6 is 0 Å². The number of anilines is 1. The van der Waals surface area contributed by atoms with Crippen molar-refractivity contribution in [3.63, 3.8) is 0 Å². The number of fused-ring (bicyclic) bond motifs is 1. The summed E-state index contributed by atoms with van der Waals surface area (Å²) in [6.45, 7) is 2.24. The molecule has 3 nitrogen and oxygen atoms in total. The Balaban J connectivity index is 1.50. The number of aliphatic hydroxyl groups is 1. The van der Waals surface area contributed by atoms with E-state index < -0.39 is 6.10 Å². The molecule has 4 atom stereocenters. The lowest BCUT2D eigenvalue weighted by molar-refractivity contribution is 0.122. The molecule has 4 unspecified atom stereocenters. The number of benzene rings is 1. The van der Waals surface area contributed by atoms with Gasteiger partial charge in [0.15, 0.2) is 0 Å². The van der Waals surface area contributed by atoms with Crippen molar-refractivity contribution in [3.05, 3.63) is 53.5 Å². The van der Waals surface area contributed by atoms with Crippen molar-refractivity contribution < 1.29 is 9.52 Å². The largest absolute Gasteiger partial charge is 0.463 e. The van der Waals surface area contributed by atoms with Gasteiger partial charge in [-0.3, -0.25) is 0 Å². The maximum Gasteiger partial charge on any atom is 0.134 e. The quantitative estimate of drug-likeness (QED) is 0.899. The van der Waals surface area contributed by atoms with E-state index >= 15 is 0 Å². The molecule has 0 bridgehead atoms. The van der Waals surface area contributed by atoms with Crippen LogP contribution in [0.1, 0.15) is 48.9 Å². The highest BCUT2D eigenvalue weighted by Crippen LogP contribution is 2.47. The van der Waals surface area contributed by atoms with Gasteiger partial charge in [0, 0.05) is 11.6 Å². The summed E-state index contributed by atoms with van der Waals surface area (Å²) in [4.78, 5) is 0. The van der Waals surface area contributed by atoms with E-state index in [0.29, 0.717) is 11.7 Å². The van der Waals surface area contributed by atoms with Crippen molar-refractivity contribution in [1.82, 2.24) is 0 Å². The Morgan fingerprint density at radius 2 is 2.05 bits per heavy atom. The van der Waals surface area contributed by atoms with Crippen molar-refractivity contribution in [2.45, 2.75) is 44.2 Å². The molecule has 2 N–H and O–H groups in total. The second-order valence-electron chi connectivity index (χ2n) is 6.45. The third-order valence-electron chi connectivity index (χ3n) is 4.88. The highest BCUT2D eigenvalue weighted by Gasteiger charge is 2.37. The van der Waals surface area contributed by atoms with E-state index in [0.717, 1.165) is 30.2 Å². The highest BCUT2D eigenvalue weighted by atomic mass is 16.4. The lowest BCUT2D eigenvalue weighted by Crippen LogP contribution is -2.31. The monoisotopic (exact) mass is 283 g/mol. The zero-order valence-corrected chi connectivity index (χ0v) is 12.3. The van der Waals surface area contributed by atoms with Crippen LogP contribution in [0.3, 0.4) is 0 Å². The predicted octanol–water partition coefficient (Wildman–Crippen LogP) is 3.86. The molecule has 2 aliphatic rings. The summed E-state index contributed by atoms with van der Waals surface area (Å²) in [6.07, 6.45) is 2.55. The number of nitrogens with one attached hydrogen (secondary N) is 1. The van der Waals surface area contributed by atoms with Crippen molar-refractivity contribution in [2.75, 3.05) is 5.32 Å². The molecule has 1 aromatic heterocycles. The van der Waals surface area contributed by atoms with Crippen LogP contribution in [-0.4, -0.2) is 11.1 Å². The molecular weight excluding hydrogens is 262 g/mol. The Morgan fingerprint density at radius 1 is 1.24 bits per heavy atom. The highest BCUT2D eigenvalue weighted by molar-refractivity contribution is 5.54. The molecule has 2 aromatic rings. The first-order chi connectivity index (χ1) is 10.2. The first kappa shape index (κ1) is 13.0. The van der Waals surface area contributed by atoms with Gasteiger partial charge < -0.3 is 14.8 Å². The maximum absolute atomic E-state index is 10.6. The first-order valence-electron chi connectivity index (χ1n) is 7.84. The lowest BCUT2D eigenvalue weighted by Gasteiger charge is -2.29. The van der Waals surface area contributed by atoms with Gasteiger partial charge in [0.1, 0.15) is 17.6 Å². The molecule has 4 rings (SSSR count). The van der Waals surface area contributed by atoms with Crippen LogP contribution in [0.25, 0.3) is 0 Å². The zero-order chi connectivity index (χ0) is 14.4. The fraction of sp³-hybridized carbons (Fsp3) is 0.444. The minimum atomic E-state index is -0.582. The van der Waals surface area contributed by atoms with Crippen molar-refractivity contribution >= 4 is 5.69 Å². The maximum atomic E-state index is 10.6. The summed E-state index contributed by atoms with van der Waals surface area (Å²) in [5.74, 6) is 3.01. The predicted molar refractivity (Wildman–Crippen MR) is 82.4 cm³/mol. The van der Waals surface area contributed by atoms with Crippen LogP contribution < -0.4 is 5.32 Å². The molecule has 21 heavy (non-hydrogen) atoms. The summed E-state index contributed by atoms with van der Waals surface area (Å²) < 4.78 is 5.89. The molecule has 1 fully saturated rings. The smallest absolute Gasteiger partial charge is 0.134 e. The minimum absolute atomic E-state index is 0.0236. The standard InChI is InChI=1S/C18H21NO2/c1-11-10-13(11)16-8-9-17(21-16)18(20)15-7-6-12-4-2-3-5-14(12)19-15/h2-5,8-9,11,13,15,18-20H,6-7,10H2,1H3. The van der Waals surface area contributed by atoms with Gasteiger partial charge in [-0.15, -0.1) is 0 Å². The minimum Gasteiger partial charge on any atom is -0.463 e. The van der Waals surface area contributed by atoms with Crippen LogP contribution in [-0.2, 0) is 6.42 Å². The Bertz CT molecular complexity index is 648. The number of aryl methyl sites for hydroxylation is 1. The number of aliphatic hydroxyl groups excluding tert-OH is 1. The van der Waals surface area contributed by atoms with Crippen LogP contribution in [0.15, 0.2) is 40.8 Å². The molecule has 0 spiro atoms. The zero-order valence-electron chi connectivity index (χ0n) is 12.3. The first-order valence-corrected chi connectivity index (χ1v) is 7.84. The van der Waals surface area contributed by atoms with Gasteiger partial charge in [0.2, 0.25) is 0 Å². The molecule has 0 amide bonds. The van der Waals surface area contributed by atoms with Gasteiger partial charge >= 0.3 is 0 Å². The number of furan rings is 1. The third kappa shape index (κ3) is 2.36. The van der Waals surface area contributed by atoms with E-state index in [-0.39, 0.29) is 6.04 Å². The number of hydrogen-bond acceptors (Lipinski definition) is 3. The van der Waals surface area contributed by atoms with Gasteiger partial charge in [-0.1, -0.05) is 25.1 Å². The van der Waals surface area contributed by atoms with Gasteiger partial charge in [-0.25, -0.2) is 0 Å². The second kappa shape index (κ2) is 4.92. The number of para-hydroxylation sites is 1. The topological polar surface area (TPSA) is 45.4 Å². The molecule has 1 aliphatic carbocycles. The Morgan fingerprint density at radius 3 is 2.86 bits per heavy atom. The van der Waals surface area contributed by atoms with Crippen LogP contribution in [0.2, 0.25) is 0 Å². The van der Waals surface area contributed by atoms with Crippen LogP contribution in [0, 0.1) is 5.92 Å². The molecule has 0 radical (unpaired) electrons. The van der Waals surface area contributed by atoms with E-state index in [1.54, 1.807) is 0 Å². The van der Waals surface area contributed by atoms with E-state index in [9.17, 15) is 5.11 Å². The Hall–Kier alpha value is -1.74. The van der Waals surface area contributed by atoms with Crippen LogP contribution in [0.4, 0.5) is 5.69 Å². The van der Waals surface area contributed by atoms with Crippen molar-refractivity contribution in [1.29, 1.82) is 0 Å². The lowest BCUT2D eigenvalue weighted by atomic mass is 9.94. The third-order valence-corrected chi connectivity index (χ3v) is 4.88. The molecule has 1 aliphatic heterocycles. The summed E-state index contributed by atoms with van der Waals surface area (Å²) >= 11 is 0. The molecule has 3 heteroatoms. The van der Waals surface area contributed by atoms with Gasteiger partial charge in [-0.2, -0.15) is 0 Å². The van der Waals surface area contributed by atoms with Crippen molar-refractivity contribution in [2.24, 2.45) is 5.92 Å². The van der Waals surface area contributed by atoms with Gasteiger partial charge in [-0.05, 0) is 48.9 Å². The van der Waals surface area contributed by atoms with E-state index in [2.05, 4.69) is 30.4 Å². The summed E-state index contributed by atoms with van der Waals surface area (Å²) in [5.41, 5.74) is 2.46. The SMILES string of the molecule is CC1CC1c1ccc(C(O)C2CCc3ccccc3N2)o1. The Kier molecular flexibility index (Phi) is 3.03. The summed E-state index contributed by atoms with van der Waals surface area (Å²) in [6, 6.07) is 12.3. The number of rotatable bonds is 3. The number of hydrogen-bond donors (Lipinski definition) is 2. The fourth-order valence-electron chi connectivity index (χ4n) is 3.34. The molecule has 0 saturated heterocycles. The molecule has 1 saturated carbocycles. The fourth-order valence-corrected chi connectivity index (χ4v) is 3.34. The van der Waals surface area contributed by atoms with Crippen molar-refractivity contribution in [3.8, 4) is 0 Å². The average molecular weight is 283 g/mol. The molecule has 2 heterocycles. The summed E-state index contributed by atoms with van der Waals surface area (Å²) in [7, 11) is 0. The van der Waals surface area contributed by atoms with Gasteiger partial charge in [0.25, 0.3) is 0 Å². The second-order valence-corrected chi connectivity index (χ2v) is 6.45. The van der Waals surface area contributed by atoms with E-state index in [4.69, 9.17) is 4.42 Å². The molecular formula is C18H21NO2. The normalized spacial score (nSPS) is 28.6. The molecule has 110 valence electrons. The summed E-state index contributed by atoms with van der Waals surface area (Å²) in [5, 5.41) is 14.0.